The number of carbonyl (C=O) groups is 2. The van der Waals surface area contributed by atoms with Crippen molar-refractivity contribution in [1.29, 1.82) is 0 Å². The van der Waals surface area contributed by atoms with Crippen molar-refractivity contribution in [2.75, 3.05) is 36.4 Å². The number of hydrogen-bond acceptors (Lipinski definition) is 5. The van der Waals surface area contributed by atoms with Crippen LogP contribution in [0.1, 0.15) is 21.5 Å². The highest BCUT2D eigenvalue weighted by Crippen LogP contribution is 2.27. The second-order valence-electron chi connectivity index (χ2n) is 7.95. The summed E-state index contributed by atoms with van der Waals surface area (Å²) in [6, 6.07) is 20.0. The molecule has 0 atom stereocenters. The number of anilines is 2. The van der Waals surface area contributed by atoms with Gasteiger partial charge < -0.3 is 15.4 Å². The van der Waals surface area contributed by atoms with Gasteiger partial charge in [-0.1, -0.05) is 48.0 Å². The Balaban J connectivity index is 1.90. The van der Waals surface area contributed by atoms with Gasteiger partial charge in [-0.25, -0.2) is 8.42 Å². The van der Waals surface area contributed by atoms with E-state index in [1.807, 2.05) is 6.92 Å². The number of para-hydroxylation sites is 2. The third-order valence-electron chi connectivity index (χ3n) is 5.32. The van der Waals surface area contributed by atoms with E-state index < -0.39 is 22.5 Å². The van der Waals surface area contributed by atoms with Crippen LogP contribution >= 0.6 is 0 Å². The SMILES string of the molecule is COCCNC(=O)c1ccccc1NC(=O)CN(c1ccccc1C)S(=O)(=O)c1ccc(C)cc1. The van der Waals surface area contributed by atoms with Gasteiger partial charge in [0.05, 0.1) is 28.4 Å². The molecular formula is C26H29N3O5S. The zero-order valence-corrected chi connectivity index (χ0v) is 20.8. The minimum atomic E-state index is -4.04. The lowest BCUT2D eigenvalue weighted by Gasteiger charge is -2.26. The highest BCUT2D eigenvalue weighted by molar-refractivity contribution is 7.92. The van der Waals surface area contributed by atoms with Gasteiger partial charge in [0, 0.05) is 13.7 Å². The van der Waals surface area contributed by atoms with Gasteiger partial charge in [-0.05, 0) is 49.7 Å². The summed E-state index contributed by atoms with van der Waals surface area (Å²) >= 11 is 0. The smallest absolute Gasteiger partial charge is 0.264 e. The molecule has 0 spiro atoms. The summed E-state index contributed by atoms with van der Waals surface area (Å²) in [4.78, 5) is 25.7. The Kier molecular flexibility index (Phi) is 8.62. The maximum Gasteiger partial charge on any atom is 0.264 e. The van der Waals surface area contributed by atoms with Crippen molar-refractivity contribution in [2.24, 2.45) is 0 Å². The number of rotatable bonds is 10. The average Bonchev–Trinajstić information content (AvgIpc) is 2.84. The van der Waals surface area contributed by atoms with E-state index in [1.54, 1.807) is 67.6 Å². The highest BCUT2D eigenvalue weighted by Gasteiger charge is 2.28. The van der Waals surface area contributed by atoms with Gasteiger partial charge >= 0.3 is 0 Å². The van der Waals surface area contributed by atoms with Crippen LogP contribution < -0.4 is 14.9 Å². The molecule has 0 fully saturated rings. The zero-order valence-electron chi connectivity index (χ0n) is 19.9. The van der Waals surface area contributed by atoms with Crippen molar-refractivity contribution in [2.45, 2.75) is 18.7 Å². The minimum Gasteiger partial charge on any atom is -0.383 e. The number of ether oxygens (including phenoxy) is 1. The van der Waals surface area contributed by atoms with Gasteiger partial charge in [0.25, 0.3) is 15.9 Å². The Labute approximate surface area is 206 Å². The second kappa shape index (κ2) is 11.6. The predicted octanol–water partition coefficient (Wildman–Crippen LogP) is 3.51. The number of hydrogen-bond donors (Lipinski definition) is 2. The molecule has 0 unspecified atom stereocenters. The summed E-state index contributed by atoms with van der Waals surface area (Å²) < 4.78 is 33.2. The monoisotopic (exact) mass is 495 g/mol. The molecule has 8 nitrogen and oxygen atoms in total. The van der Waals surface area contributed by atoms with Crippen molar-refractivity contribution in [3.63, 3.8) is 0 Å². The topological polar surface area (TPSA) is 105 Å². The fraction of sp³-hybridized carbons (Fsp3) is 0.231. The van der Waals surface area contributed by atoms with E-state index in [9.17, 15) is 18.0 Å². The van der Waals surface area contributed by atoms with Crippen LogP contribution in [0.25, 0.3) is 0 Å². The van der Waals surface area contributed by atoms with E-state index in [-0.39, 0.29) is 22.1 Å². The van der Waals surface area contributed by atoms with E-state index in [0.29, 0.717) is 24.4 Å². The van der Waals surface area contributed by atoms with Crippen molar-refractivity contribution in [1.82, 2.24) is 5.32 Å². The molecule has 0 radical (unpaired) electrons. The molecule has 0 bridgehead atoms. The lowest BCUT2D eigenvalue weighted by atomic mass is 10.1. The number of benzene rings is 3. The van der Waals surface area contributed by atoms with Gasteiger partial charge in [-0.2, -0.15) is 0 Å². The van der Waals surface area contributed by atoms with E-state index in [4.69, 9.17) is 4.74 Å². The summed E-state index contributed by atoms with van der Waals surface area (Å²) in [6.07, 6.45) is 0. The highest BCUT2D eigenvalue weighted by atomic mass is 32.2. The largest absolute Gasteiger partial charge is 0.383 e. The Hall–Kier alpha value is -3.69. The fourth-order valence-corrected chi connectivity index (χ4v) is 4.94. The number of aryl methyl sites for hydroxylation is 2. The first-order valence-electron chi connectivity index (χ1n) is 11.0. The van der Waals surface area contributed by atoms with Crippen LogP contribution in [0, 0.1) is 13.8 Å². The maximum absolute atomic E-state index is 13.6. The molecule has 3 aromatic rings. The molecule has 0 aliphatic rings. The molecule has 0 heterocycles. The van der Waals surface area contributed by atoms with Crippen LogP contribution in [-0.4, -0.2) is 47.0 Å². The summed E-state index contributed by atoms with van der Waals surface area (Å²) in [5.41, 5.74) is 2.57. The van der Waals surface area contributed by atoms with Crippen LogP contribution in [0.5, 0.6) is 0 Å². The second-order valence-corrected chi connectivity index (χ2v) is 9.82. The first kappa shape index (κ1) is 25.9. The molecule has 2 N–H and O–H groups in total. The maximum atomic E-state index is 13.6. The Bertz CT molecular complexity index is 1290. The molecular weight excluding hydrogens is 466 g/mol. The molecule has 35 heavy (non-hydrogen) atoms. The number of amides is 2. The number of nitrogens with one attached hydrogen (secondary N) is 2. The lowest BCUT2D eigenvalue weighted by molar-refractivity contribution is -0.114. The Morgan fingerprint density at radius 1 is 0.914 bits per heavy atom. The summed E-state index contributed by atoms with van der Waals surface area (Å²) in [5.74, 6) is -0.956. The molecule has 3 aromatic carbocycles. The quantitative estimate of drug-likeness (QED) is 0.419. The molecule has 0 aliphatic heterocycles. The van der Waals surface area contributed by atoms with Crippen molar-refractivity contribution < 1.29 is 22.7 Å². The Morgan fingerprint density at radius 2 is 1.57 bits per heavy atom. The molecule has 0 saturated heterocycles. The van der Waals surface area contributed by atoms with Crippen LogP contribution in [0.4, 0.5) is 11.4 Å². The number of carbonyl (C=O) groups excluding carboxylic acids is 2. The molecule has 184 valence electrons. The number of methoxy groups -OCH3 is 1. The number of nitrogens with zero attached hydrogens (tertiary/aromatic N) is 1. The van der Waals surface area contributed by atoms with Crippen LogP contribution in [0.3, 0.4) is 0 Å². The van der Waals surface area contributed by atoms with Crippen LogP contribution in [-0.2, 0) is 19.6 Å². The van der Waals surface area contributed by atoms with Gasteiger partial charge in [0.1, 0.15) is 6.54 Å². The molecule has 0 aliphatic carbocycles. The average molecular weight is 496 g/mol. The van der Waals surface area contributed by atoms with E-state index in [0.717, 1.165) is 9.87 Å². The van der Waals surface area contributed by atoms with Crippen molar-refractivity contribution in [3.8, 4) is 0 Å². The van der Waals surface area contributed by atoms with Gasteiger partial charge in [-0.3, -0.25) is 13.9 Å². The third kappa shape index (κ3) is 6.46. The van der Waals surface area contributed by atoms with Crippen LogP contribution in [0.15, 0.2) is 77.7 Å². The molecule has 3 rings (SSSR count). The molecule has 0 saturated carbocycles. The van der Waals surface area contributed by atoms with Crippen LogP contribution in [0.2, 0.25) is 0 Å². The number of sulfonamides is 1. The Morgan fingerprint density at radius 3 is 2.26 bits per heavy atom. The molecule has 2 amide bonds. The summed E-state index contributed by atoms with van der Waals surface area (Å²) in [6.45, 7) is 3.84. The van der Waals surface area contributed by atoms with E-state index in [2.05, 4.69) is 10.6 Å². The standard InChI is InChI=1S/C26H29N3O5S/c1-19-12-14-21(15-13-19)35(32,33)29(24-11-7-4-8-20(24)2)18-25(30)28-23-10-6-5-9-22(23)26(31)27-16-17-34-3/h4-15H,16-18H2,1-3H3,(H,27,31)(H,28,30). The van der Waals surface area contributed by atoms with Gasteiger partial charge in [0.2, 0.25) is 5.91 Å². The minimum absolute atomic E-state index is 0.0806. The van der Waals surface area contributed by atoms with Gasteiger partial charge in [-0.15, -0.1) is 0 Å². The predicted molar refractivity (Wildman–Crippen MR) is 136 cm³/mol. The third-order valence-corrected chi connectivity index (χ3v) is 7.09. The molecule has 9 heteroatoms. The van der Waals surface area contributed by atoms with E-state index in [1.165, 1.54) is 19.2 Å². The lowest BCUT2D eigenvalue weighted by Crippen LogP contribution is -2.39. The fourth-order valence-electron chi connectivity index (χ4n) is 3.45. The van der Waals surface area contributed by atoms with Crippen molar-refractivity contribution >= 4 is 33.2 Å². The zero-order chi connectivity index (χ0) is 25.4. The normalized spacial score (nSPS) is 11.1. The van der Waals surface area contributed by atoms with E-state index >= 15 is 0 Å². The first-order chi connectivity index (χ1) is 16.7. The van der Waals surface area contributed by atoms with Crippen molar-refractivity contribution in [3.05, 3.63) is 89.5 Å². The first-order valence-corrected chi connectivity index (χ1v) is 12.5. The van der Waals surface area contributed by atoms with Gasteiger partial charge in [0.15, 0.2) is 0 Å². The summed E-state index contributed by atoms with van der Waals surface area (Å²) in [7, 11) is -2.51. The molecule has 0 aromatic heterocycles. The summed E-state index contributed by atoms with van der Waals surface area (Å²) in [5, 5.41) is 5.41.